The van der Waals surface area contributed by atoms with Crippen LogP contribution in [0, 0.1) is 5.92 Å². The lowest BCUT2D eigenvalue weighted by Gasteiger charge is -2.10. The topological polar surface area (TPSA) is 66.9 Å². The first-order chi connectivity index (χ1) is 9.72. The van der Waals surface area contributed by atoms with Crippen molar-refractivity contribution >= 4 is 34.4 Å². The number of amides is 1. The Hall–Kier alpha value is -1.72. The van der Waals surface area contributed by atoms with Crippen molar-refractivity contribution < 1.29 is 4.79 Å². The highest BCUT2D eigenvalue weighted by atomic mass is 35.5. The number of fused-ring (bicyclic) bond motifs is 1. The van der Waals surface area contributed by atoms with Crippen LogP contribution in [0.3, 0.4) is 0 Å². The van der Waals surface area contributed by atoms with E-state index in [4.69, 9.17) is 11.6 Å². The Kier molecular flexibility index (Phi) is 3.80. The second-order valence-corrected chi connectivity index (χ2v) is 5.32. The van der Waals surface area contributed by atoms with Crippen LogP contribution in [0.25, 0.3) is 11.0 Å². The number of rotatable bonds is 3. The van der Waals surface area contributed by atoms with Crippen LogP contribution in [0.4, 0.5) is 5.82 Å². The number of nitrogens with one attached hydrogen (secondary N) is 2. The Morgan fingerprint density at radius 1 is 1.35 bits per heavy atom. The van der Waals surface area contributed by atoms with Crippen LogP contribution in [0.5, 0.6) is 0 Å². The van der Waals surface area contributed by atoms with E-state index in [1.165, 1.54) is 0 Å². The van der Waals surface area contributed by atoms with Crippen LogP contribution < -0.4 is 10.6 Å². The maximum absolute atomic E-state index is 12.0. The average molecular weight is 291 g/mol. The molecule has 1 aromatic heterocycles. The van der Waals surface area contributed by atoms with Crippen molar-refractivity contribution in [3.63, 3.8) is 0 Å². The summed E-state index contributed by atoms with van der Waals surface area (Å²) in [6.07, 6.45) is 1.52. The molecule has 2 heterocycles. The molecule has 1 fully saturated rings. The van der Waals surface area contributed by atoms with E-state index >= 15 is 0 Å². The van der Waals surface area contributed by atoms with Crippen LogP contribution in [-0.2, 0) is 4.79 Å². The maximum atomic E-state index is 12.0. The second-order valence-electron chi connectivity index (χ2n) is 4.96. The number of benzene rings is 1. The van der Waals surface area contributed by atoms with Gasteiger partial charge in [-0.3, -0.25) is 4.79 Å². The molecule has 1 unspecified atom stereocenters. The van der Waals surface area contributed by atoms with Gasteiger partial charge in [-0.15, -0.1) is 0 Å². The van der Waals surface area contributed by atoms with Gasteiger partial charge >= 0.3 is 0 Å². The minimum absolute atomic E-state index is 0.0646. The van der Waals surface area contributed by atoms with Gasteiger partial charge in [0.15, 0.2) is 11.0 Å². The highest BCUT2D eigenvalue weighted by Gasteiger charge is 2.19. The van der Waals surface area contributed by atoms with Crippen LogP contribution in [0.1, 0.15) is 12.8 Å². The van der Waals surface area contributed by atoms with Crippen molar-refractivity contribution in [2.24, 2.45) is 5.92 Å². The summed E-state index contributed by atoms with van der Waals surface area (Å²) in [5, 5.41) is 6.22. The summed E-state index contributed by atoms with van der Waals surface area (Å²) >= 11 is 6.06. The van der Waals surface area contributed by atoms with E-state index in [0.717, 1.165) is 30.5 Å². The largest absolute Gasteiger partial charge is 0.316 e. The van der Waals surface area contributed by atoms with Gasteiger partial charge in [0.2, 0.25) is 5.91 Å². The van der Waals surface area contributed by atoms with Gasteiger partial charge in [0, 0.05) is 6.42 Å². The molecular weight excluding hydrogens is 276 g/mol. The highest BCUT2D eigenvalue weighted by Crippen LogP contribution is 2.22. The van der Waals surface area contributed by atoms with Crippen molar-refractivity contribution in [3.8, 4) is 0 Å². The standard InChI is InChI=1S/C14H15ClN4O/c15-13-14(18-11-4-2-1-3-10(11)17-13)19-12(20)7-9-5-6-16-8-9/h1-4,9,16H,5-8H2,(H,18,19,20). The fourth-order valence-electron chi connectivity index (χ4n) is 2.39. The van der Waals surface area contributed by atoms with Gasteiger partial charge in [-0.2, -0.15) is 0 Å². The number of hydrogen-bond acceptors (Lipinski definition) is 4. The van der Waals surface area contributed by atoms with Gasteiger partial charge in [-0.1, -0.05) is 23.7 Å². The first-order valence-electron chi connectivity index (χ1n) is 6.65. The molecule has 3 rings (SSSR count). The monoisotopic (exact) mass is 290 g/mol. The number of hydrogen-bond donors (Lipinski definition) is 2. The summed E-state index contributed by atoms with van der Waals surface area (Å²) in [5.41, 5.74) is 1.44. The van der Waals surface area contributed by atoms with E-state index < -0.39 is 0 Å². The third kappa shape index (κ3) is 2.89. The lowest BCUT2D eigenvalue weighted by molar-refractivity contribution is -0.117. The zero-order valence-corrected chi connectivity index (χ0v) is 11.7. The molecular formula is C14H15ClN4O. The molecule has 2 N–H and O–H groups in total. The van der Waals surface area contributed by atoms with E-state index in [0.29, 0.717) is 18.2 Å². The molecule has 1 saturated heterocycles. The molecule has 1 aromatic carbocycles. The molecule has 1 aliphatic heterocycles. The molecule has 6 heteroatoms. The zero-order valence-electron chi connectivity index (χ0n) is 10.9. The molecule has 1 atom stereocenters. The van der Waals surface area contributed by atoms with E-state index in [-0.39, 0.29) is 11.1 Å². The Morgan fingerprint density at radius 2 is 2.10 bits per heavy atom. The minimum Gasteiger partial charge on any atom is -0.316 e. The first kappa shape index (κ1) is 13.3. The fourth-order valence-corrected chi connectivity index (χ4v) is 2.57. The minimum atomic E-state index is -0.0646. The number of carbonyl (C=O) groups is 1. The molecule has 0 radical (unpaired) electrons. The van der Waals surface area contributed by atoms with E-state index in [2.05, 4.69) is 20.6 Å². The Morgan fingerprint density at radius 3 is 2.80 bits per heavy atom. The van der Waals surface area contributed by atoms with Crippen molar-refractivity contribution in [3.05, 3.63) is 29.4 Å². The Labute approximate surface area is 121 Å². The Balaban J connectivity index is 1.76. The van der Waals surface area contributed by atoms with E-state index in [1.807, 2.05) is 24.3 Å². The van der Waals surface area contributed by atoms with E-state index in [1.54, 1.807) is 0 Å². The summed E-state index contributed by atoms with van der Waals surface area (Å²) in [4.78, 5) is 20.6. The third-order valence-electron chi connectivity index (χ3n) is 3.42. The van der Waals surface area contributed by atoms with Crippen LogP contribution in [-0.4, -0.2) is 29.0 Å². The van der Waals surface area contributed by atoms with Gasteiger partial charge in [0.05, 0.1) is 11.0 Å². The maximum Gasteiger partial charge on any atom is 0.225 e. The van der Waals surface area contributed by atoms with E-state index in [9.17, 15) is 4.79 Å². The van der Waals surface area contributed by atoms with Crippen LogP contribution in [0.15, 0.2) is 24.3 Å². The summed E-state index contributed by atoms with van der Waals surface area (Å²) in [6, 6.07) is 7.43. The van der Waals surface area contributed by atoms with Crippen molar-refractivity contribution in [2.75, 3.05) is 18.4 Å². The third-order valence-corrected chi connectivity index (χ3v) is 3.69. The molecule has 1 aliphatic rings. The normalized spacial score (nSPS) is 18.4. The molecule has 0 saturated carbocycles. The van der Waals surface area contributed by atoms with Crippen molar-refractivity contribution in [1.29, 1.82) is 0 Å². The SMILES string of the molecule is O=C(CC1CCNC1)Nc1nc2ccccc2nc1Cl. The predicted octanol–water partition coefficient (Wildman–Crippen LogP) is 2.22. The lowest BCUT2D eigenvalue weighted by atomic mass is 10.0. The molecule has 0 bridgehead atoms. The van der Waals surface area contributed by atoms with Gasteiger partial charge in [0.25, 0.3) is 0 Å². The molecule has 0 aliphatic carbocycles. The fraction of sp³-hybridized carbons (Fsp3) is 0.357. The quantitative estimate of drug-likeness (QED) is 0.909. The number of halogens is 1. The van der Waals surface area contributed by atoms with Crippen LogP contribution in [0.2, 0.25) is 5.15 Å². The Bertz CT molecular complexity index is 640. The summed E-state index contributed by atoms with van der Waals surface area (Å²) in [5.74, 6) is 0.661. The molecule has 20 heavy (non-hydrogen) atoms. The molecule has 0 spiro atoms. The number of aromatic nitrogens is 2. The summed E-state index contributed by atoms with van der Waals surface area (Å²) in [7, 11) is 0. The van der Waals surface area contributed by atoms with Crippen LogP contribution >= 0.6 is 11.6 Å². The number of nitrogens with zero attached hydrogens (tertiary/aromatic N) is 2. The van der Waals surface area contributed by atoms with Crippen molar-refractivity contribution in [2.45, 2.75) is 12.8 Å². The average Bonchev–Trinajstić information content (AvgIpc) is 2.92. The zero-order chi connectivity index (χ0) is 13.9. The second kappa shape index (κ2) is 5.73. The lowest BCUT2D eigenvalue weighted by Crippen LogP contribution is -2.19. The summed E-state index contributed by atoms with van der Waals surface area (Å²) < 4.78 is 0. The van der Waals surface area contributed by atoms with Crippen molar-refractivity contribution in [1.82, 2.24) is 15.3 Å². The smallest absolute Gasteiger partial charge is 0.225 e. The predicted molar refractivity (Wildman–Crippen MR) is 78.8 cm³/mol. The molecule has 104 valence electrons. The number of carbonyl (C=O) groups excluding carboxylic acids is 1. The molecule has 2 aromatic rings. The molecule has 5 nitrogen and oxygen atoms in total. The number of anilines is 1. The van der Waals surface area contributed by atoms with Gasteiger partial charge < -0.3 is 10.6 Å². The molecule has 1 amide bonds. The highest BCUT2D eigenvalue weighted by molar-refractivity contribution is 6.32. The summed E-state index contributed by atoms with van der Waals surface area (Å²) in [6.45, 7) is 1.87. The van der Waals surface area contributed by atoms with Gasteiger partial charge in [0.1, 0.15) is 0 Å². The van der Waals surface area contributed by atoms with Gasteiger partial charge in [-0.05, 0) is 37.6 Å². The first-order valence-corrected chi connectivity index (χ1v) is 7.03. The van der Waals surface area contributed by atoms with Gasteiger partial charge in [-0.25, -0.2) is 9.97 Å². The number of para-hydroxylation sites is 2.